The van der Waals surface area contributed by atoms with Crippen LogP contribution in [0.1, 0.15) is 51.4 Å². The molecule has 0 unspecified atom stereocenters. The van der Waals surface area contributed by atoms with Gasteiger partial charge in [0.1, 0.15) is 0 Å². The minimum absolute atomic E-state index is 0.0979. The van der Waals surface area contributed by atoms with E-state index in [-0.39, 0.29) is 24.8 Å². The van der Waals surface area contributed by atoms with Crippen molar-refractivity contribution in [1.82, 2.24) is 0 Å². The summed E-state index contributed by atoms with van der Waals surface area (Å²) in [6.07, 6.45) is 8.59. The third-order valence-corrected chi connectivity index (χ3v) is 3.32. The Morgan fingerprint density at radius 2 is 1.68 bits per heavy atom. The summed E-state index contributed by atoms with van der Waals surface area (Å²) in [5, 5.41) is 0. The van der Waals surface area contributed by atoms with Gasteiger partial charge in [-0.1, -0.05) is 25.3 Å². The van der Waals surface area contributed by atoms with Crippen molar-refractivity contribution in [3.63, 3.8) is 0 Å². The Kier molecular flexibility index (Phi) is 7.94. The fourth-order valence-corrected chi connectivity index (χ4v) is 2.17. The summed E-state index contributed by atoms with van der Waals surface area (Å²) in [5.74, 6) is -0.139. The van der Waals surface area contributed by atoms with E-state index in [0.717, 1.165) is 12.8 Å². The number of carbonyl (C=O) groups is 2. The Morgan fingerprint density at radius 3 is 2.32 bits per heavy atom. The lowest BCUT2D eigenvalue weighted by Gasteiger charge is -2.20. The van der Waals surface area contributed by atoms with Gasteiger partial charge >= 0.3 is 11.9 Å². The molecule has 19 heavy (non-hydrogen) atoms. The molecule has 0 bridgehead atoms. The summed E-state index contributed by atoms with van der Waals surface area (Å²) in [6.45, 7) is 4.37. The monoisotopic (exact) mass is 268 g/mol. The average molecular weight is 268 g/mol. The van der Waals surface area contributed by atoms with Crippen molar-refractivity contribution in [3.05, 3.63) is 12.7 Å². The molecule has 0 amide bonds. The van der Waals surface area contributed by atoms with Gasteiger partial charge in [0.25, 0.3) is 0 Å². The largest absolute Gasteiger partial charge is 0.465 e. The third kappa shape index (κ3) is 7.65. The van der Waals surface area contributed by atoms with E-state index < -0.39 is 0 Å². The van der Waals surface area contributed by atoms with Crippen molar-refractivity contribution in [1.29, 1.82) is 0 Å². The van der Waals surface area contributed by atoms with Gasteiger partial charge in [0.15, 0.2) is 0 Å². The van der Waals surface area contributed by atoms with Gasteiger partial charge in [-0.15, -0.1) is 6.58 Å². The van der Waals surface area contributed by atoms with Crippen LogP contribution in [0.2, 0.25) is 0 Å². The second kappa shape index (κ2) is 9.59. The van der Waals surface area contributed by atoms with E-state index in [1.807, 2.05) is 0 Å². The molecular formula is C15H24O4. The number of ether oxygens (including phenoxy) is 2. The highest BCUT2D eigenvalue weighted by atomic mass is 16.5. The zero-order chi connectivity index (χ0) is 13.9. The summed E-state index contributed by atoms with van der Waals surface area (Å²) in [6, 6.07) is 0. The summed E-state index contributed by atoms with van der Waals surface area (Å²) >= 11 is 0. The van der Waals surface area contributed by atoms with E-state index in [4.69, 9.17) is 9.47 Å². The minimum Gasteiger partial charge on any atom is -0.465 e. The van der Waals surface area contributed by atoms with E-state index >= 15 is 0 Å². The molecule has 0 saturated heterocycles. The molecule has 1 rings (SSSR count). The van der Waals surface area contributed by atoms with Crippen LogP contribution in [0.25, 0.3) is 0 Å². The third-order valence-electron chi connectivity index (χ3n) is 3.32. The van der Waals surface area contributed by atoms with Crippen LogP contribution in [0.4, 0.5) is 0 Å². The van der Waals surface area contributed by atoms with E-state index in [0.29, 0.717) is 25.6 Å². The second-order valence-electron chi connectivity index (χ2n) is 4.98. The summed E-state index contributed by atoms with van der Waals surface area (Å²) in [7, 11) is 0. The molecular weight excluding hydrogens is 244 g/mol. The zero-order valence-corrected chi connectivity index (χ0v) is 11.6. The predicted octanol–water partition coefficient (Wildman–Crippen LogP) is 3.01. The molecule has 1 aliphatic rings. The van der Waals surface area contributed by atoms with Gasteiger partial charge in [0, 0.05) is 0 Å². The maximum atomic E-state index is 11.5. The lowest BCUT2D eigenvalue weighted by Crippen LogP contribution is -2.17. The average Bonchev–Trinajstić information content (AvgIpc) is 2.44. The van der Waals surface area contributed by atoms with Crippen molar-refractivity contribution in [2.45, 2.75) is 51.4 Å². The maximum Gasteiger partial charge on any atom is 0.306 e. The Balaban J connectivity index is 2.03. The van der Waals surface area contributed by atoms with Crippen LogP contribution in [0, 0.1) is 5.92 Å². The number of hydrogen-bond donors (Lipinski definition) is 0. The van der Waals surface area contributed by atoms with Gasteiger partial charge in [0.2, 0.25) is 0 Å². The van der Waals surface area contributed by atoms with Crippen LogP contribution < -0.4 is 0 Å². The first-order chi connectivity index (χ1) is 9.22. The molecule has 0 atom stereocenters. The van der Waals surface area contributed by atoms with Gasteiger partial charge < -0.3 is 9.47 Å². The maximum absolute atomic E-state index is 11.5. The molecule has 0 spiro atoms. The molecule has 0 aromatic heterocycles. The Labute approximate surface area is 115 Å². The molecule has 0 N–H and O–H groups in total. The first kappa shape index (κ1) is 15.7. The molecule has 4 nitrogen and oxygen atoms in total. The normalized spacial score (nSPS) is 15.8. The van der Waals surface area contributed by atoms with Crippen LogP contribution in [0.3, 0.4) is 0 Å². The summed E-state index contributed by atoms with van der Waals surface area (Å²) in [4.78, 5) is 22.7. The molecule has 0 aliphatic heterocycles. The van der Waals surface area contributed by atoms with Crippen LogP contribution in [0.15, 0.2) is 12.7 Å². The van der Waals surface area contributed by atoms with Crippen LogP contribution >= 0.6 is 0 Å². The standard InChI is InChI=1S/C15H24O4/c1-2-3-11-18-14(16)9-10-15(17)19-12-13-7-5-4-6-8-13/h2,13H,1,3-12H2. The smallest absolute Gasteiger partial charge is 0.306 e. The minimum atomic E-state index is -0.350. The second-order valence-corrected chi connectivity index (χ2v) is 4.98. The predicted molar refractivity (Wildman–Crippen MR) is 72.5 cm³/mol. The Hall–Kier alpha value is -1.32. The Morgan fingerprint density at radius 1 is 1.05 bits per heavy atom. The molecule has 0 heterocycles. The zero-order valence-electron chi connectivity index (χ0n) is 11.6. The molecule has 1 aliphatic carbocycles. The lowest BCUT2D eigenvalue weighted by molar-refractivity contribution is -0.151. The van der Waals surface area contributed by atoms with Gasteiger partial charge in [-0.2, -0.15) is 0 Å². The van der Waals surface area contributed by atoms with E-state index in [1.54, 1.807) is 6.08 Å². The molecule has 4 heteroatoms. The van der Waals surface area contributed by atoms with Crippen LogP contribution in [0.5, 0.6) is 0 Å². The highest BCUT2D eigenvalue weighted by Crippen LogP contribution is 2.23. The van der Waals surface area contributed by atoms with E-state index in [2.05, 4.69) is 6.58 Å². The topological polar surface area (TPSA) is 52.6 Å². The molecule has 1 fully saturated rings. The molecule has 0 aromatic carbocycles. The van der Waals surface area contributed by atoms with Gasteiger partial charge in [-0.25, -0.2) is 0 Å². The fourth-order valence-electron chi connectivity index (χ4n) is 2.17. The van der Waals surface area contributed by atoms with Crippen molar-refractivity contribution in [2.24, 2.45) is 5.92 Å². The number of rotatable bonds is 8. The van der Waals surface area contributed by atoms with Gasteiger partial charge in [-0.05, 0) is 25.2 Å². The van der Waals surface area contributed by atoms with Gasteiger partial charge in [0.05, 0.1) is 26.1 Å². The SMILES string of the molecule is C=CCCOC(=O)CCC(=O)OCC1CCCCC1. The Bertz CT molecular complexity index is 293. The summed E-state index contributed by atoms with van der Waals surface area (Å²) in [5.41, 5.74) is 0. The fraction of sp³-hybridized carbons (Fsp3) is 0.733. The van der Waals surface area contributed by atoms with Crippen LogP contribution in [-0.4, -0.2) is 25.2 Å². The molecule has 1 saturated carbocycles. The first-order valence-electron chi connectivity index (χ1n) is 7.14. The number of carbonyl (C=O) groups excluding carboxylic acids is 2. The molecule has 0 radical (unpaired) electrons. The number of hydrogen-bond acceptors (Lipinski definition) is 4. The lowest BCUT2D eigenvalue weighted by atomic mass is 9.90. The van der Waals surface area contributed by atoms with E-state index in [9.17, 15) is 9.59 Å². The van der Waals surface area contributed by atoms with Gasteiger partial charge in [-0.3, -0.25) is 9.59 Å². The van der Waals surface area contributed by atoms with Crippen molar-refractivity contribution in [2.75, 3.05) is 13.2 Å². The first-order valence-corrected chi connectivity index (χ1v) is 7.14. The van der Waals surface area contributed by atoms with Crippen molar-refractivity contribution < 1.29 is 19.1 Å². The summed E-state index contributed by atoms with van der Waals surface area (Å²) < 4.78 is 10.1. The molecule has 0 aromatic rings. The van der Waals surface area contributed by atoms with E-state index in [1.165, 1.54) is 19.3 Å². The quantitative estimate of drug-likeness (QED) is 0.386. The molecule has 108 valence electrons. The van der Waals surface area contributed by atoms with Crippen molar-refractivity contribution >= 4 is 11.9 Å². The van der Waals surface area contributed by atoms with Crippen LogP contribution in [-0.2, 0) is 19.1 Å². The van der Waals surface area contributed by atoms with Crippen molar-refractivity contribution in [3.8, 4) is 0 Å². The highest BCUT2D eigenvalue weighted by molar-refractivity contribution is 5.77. The highest BCUT2D eigenvalue weighted by Gasteiger charge is 2.16. The number of esters is 2.